The summed E-state index contributed by atoms with van der Waals surface area (Å²) in [5, 5.41) is 0. The van der Waals surface area contributed by atoms with E-state index in [4.69, 9.17) is 13.6 Å². The highest BCUT2D eigenvalue weighted by atomic mass is 31.2. The predicted octanol–water partition coefficient (Wildman–Crippen LogP) is 2.85. The summed E-state index contributed by atoms with van der Waals surface area (Å²) in [6.07, 6.45) is 0. The molecule has 1 rings (SSSR count). The van der Waals surface area contributed by atoms with Crippen molar-refractivity contribution in [3.63, 3.8) is 0 Å². The smallest absolute Gasteiger partial charge is 0.313 e. The Labute approximate surface area is 75.4 Å². The van der Waals surface area contributed by atoms with Crippen molar-refractivity contribution in [3.05, 3.63) is 0 Å². The van der Waals surface area contributed by atoms with Crippen LogP contribution in [-0.4, -0.2) is 17.8 Å². The zero-order valence-electron chi connectivity index (χ0n) is 8.38. The molecule has 1 heterocycles. The van der Waals surface area contributed by atoms with Gasteiger partial charge in [0, 0.05) is 0 Å². The van der Waals surface area contributed by atoms with Gasteiger partial charge in [0.05, 0.1) is 6.61 Å². The highest BCUT2D eigenvalue weighted by Crippen LogP contribution is 2.58. The molecule has 0 radical (unpaired) electrons. The van der Waals surface area contributed by atoms with Crippen LogP contribution in [0.15, 0.2) is 0 Å². The molecule has 0 spiro atoms. The van der Waals surface area contributed by atoms with Crippen LogP contribution < -0.4 is 0 Å². The fourth-order valence-corrected chi connectivity index (χ4v) is 2.31. The first kappa shape index (κ1) is 10.4. The Morgan fingerprint density at radius 3 is 1.83 bits per heavy atom. The van der Waals surface area contributed by atoms with Crippen molar-refractivity contribution >= 4 is 8.60 Å². The van der Waals surface area contributed by atoms with E-state index in [9.17, 15) is 0 Å². The highest BCUT2D eigenvalue weighted by molar-refractivity contribution is 7.42. The van der Waals surface area contributed by atoms with Crippen LogP contribution in [0.3, 0.4) is 0 Å². The lowest BCUT2D eigenvalue weighted by atomic mass is 9.90. The maximum Gasteiger partial charge on any atom is 0.333 e. The molecule has 1 aliphatic rings. The second kappa shape index (κ2) is 3.22. The van der Waals surface area contributed by atoms with Crippen LogP contribution in [0.1, 0.15) is 34.6 Å². The van der Waals surface area contributed by atoms with E-state index in [1.807, 2.05) is 34.6 Å². The van der Waals surface area contributed by atoms with Gasteiger partial charge in [-0.05, 0) is 34.6 Å². The molecule has 3 nitrogen and oxygen atoms in total. The fraction of sp³-hybridized carbons (Fsp3) is 1.00. The third-order valence-corrected chi connectivity index (χ3v) is 3.97. The van der Waals surface area contributed by atoms with Gasteiger partial charge in [0.2, 0.25) is 0 Å². The van der Waals surface area contributed by atoms with Gasteiger partial charge in [-0.3, -0.25) is 0 Å². The molecule has 0 bridgehead atoms. The van der Waals surface area contributed by atoms with Gasteiger partial charge in [-0.15, -0.1) is 0 Å². The first-order chi connectivity index (χ1) is 5.39. The number of rotatable bonds is 2. The van der Waals surface area contributed by atoms with E-state index >= 15 is 0 Å². The van der Waals surface area contributed by atoms with Crippen molar-refractivity contribution in [1.82, 2.24) is 0 Å². The normalized spacial score (nSPS) is 27.8. The van der Waals surface area contributed by atoms with Crippen LogP contribution in [0.4, 0.5) is 0 Å². The summed E-state index contributed by atoms with van der Waals surface area (Å²) in [6, 6.07) is 0. The van der Waals surface area contributed by atoms with Crippen molar-refractivity contribution in [3.8, 4) is 0 Å². The van der Waals surface area contributed by atoms with Gasteiger partial charge >= 0.3 is 8.60 Å². The van der Waals surface area contributed by atoms with Crippen molar-refractivity contribution in [1.29, 1.82) is 0 Å². The lowest BCUT2D eigenvalue weighted by Gasteiger charge is -2.29. The van der Waals surface area contributed by atoms with E-state index in [1.165, 1.54) is 0 Å². The summed E-state index contributed by atoms with van der Waals surface area (Å²) in [5.41, 5.74) is -0.512. The molecule has 72 valence electrons. The largest absolute Gasteiger partial charge is 0.333 e. The minimum Gasteiger partial charge on any atom is -0.313 e. The standard InChI is InChI=1S/C8H17O3P/c1-6-9-12-10-7(2,3)8(4,5)11-12/h6H2,1-5H3. The monoisotopic (exact) mass is 192 g/mol. The van der Waals surface area contributed by atoms with Crippen LogP contribution in [0.2, 0.25) is 0 Å². The maximum absolute atomic E-state index is 5.62. The van der Waals surface area contributed by atoms with E-state index in [0.717, 1.165) is 0 Å². The fourth-order valence-electron chi connectivity index (χ4n) is 0.769. The predicted molar refractivity (Wildman–Crippen MR) is 48.9 cm³/mol. The topological polar surface area (TPSA) is 27.7 Å². The molecule has 0 N–H and O–H groups in total. The van der Waals surface area contributed by atoms with Gasteiger partial charge in [-0.25, -0.2) is 0 Å². The summed E-state index contributed by atoms with van der Waals surface area (Å²) in [6.45, 7) is 10.7. The van der Waals surface area contributed by atoms with Crippen LogP contribution in [-0.2, 0) is 13.6 Å². The molecule has 4 heteroatoms. The van der Waals surface area contributed by atoms with Crippen LogP contribution in [0, 0.1) is 0 Å². The maximum atomic E-state index is 5.62. The SMILES string of the molecule is CCOP1OC(C)(C)C(C)(C)O1. The molecular weight excluding hydrogens is 175 g/mol. The van der Waals surface area contributed by atoms with Gasteiger partial charge < -0.3 is 13.6 Å². The first-order valence-corrected chi connectivity index (χ1v) is 5.30. The second-order valence-corrected chi connectivity index (χ2v) is 4.92. The van der Waals surface area contributed by atoms with Crippen molar-refractivity contribution in [2.24, 2.45) is 0 Å². The Morgan fingerprint density at radius 1 is 1.08 bits per heavy atom. The quantitative estimate of drug-likeness (QED) is 0.629. The Bertz CT molecular complexity index is 152. The van der Waals surface area contributed by atoms with Crippen LogP contribution >= 0.6 is 8.60 Å². The number of hydrogen-bond donors (Lipinski definition) is 0. The van der Waals surface area contributed by atoms with Crippen molar-refractivity contribution < 1.29 is 13.6 Å². The zero-order chi connectivity index (χ0) is 9.41. The molecule has 0 unspecified atom stereocenters. The molecule has 0 atom stereocenters. The minimum atomic E-state index is -1.12. The molecule has 0 aliphatic carbocycles. The molecule has 12 heavy (non-hydrogen) atoms. The highest BCUT2D eigenvalue weighted by Gasteiger charge is 2.50. The Morgan fingerprint density at radius 2 is 1.50 bits per heavy atom. The molecule has 0 amide bonds. The van der Waals surface area contributed by atoms with Crippen molar-refractivity contribution in [2.75, 3.05) is 6.61 Å². The van der Waals surface area contributed by atoms with Crippen LogP contribution in [0.25, 0.3) is 0 Å². The summed E-state index contributed by atoms with van der Waals surface area (Å²) in [4.78, 5) is 0. The first-order valence-electron chi connectivity index (χ1n) is 4.20. The average Bonchev–Trinajstić information content (AvgIpc) is 2.02. The van der Waals surface area contributed by atoms with E-state index in [0.29, 0.717) is 6.61 Å². The third kappa shape index (κ3) is 1.80. The molecule has 1 fully saturated rings. The summed E-state index contributed by atoms with van der Waals surface area (Å²) >= 11 is 0. The third-order valence-electron chi connectivity index (χ3n) is 2.29. The van der Waals surface area contributed by atoms with E-state index in [2.05, 4.69) is 0 Å². The van der Waals surface area contributed by atoms with Gasteiger partial charge in [0.25, 0.3) is 0 Å². The number of hydrogen-bond acceptors (Lipinski definition) is 3. The van der Waals surface area contributed by atoms with E-state index in [1.54, 1.807) is 0 Å². The lowest BCUT2D eigenvalue weighted by Crippen LogP contribution is -2.41. The molecule has 0 saturated carbocycles. The lowest BCUT2D eigenvalue weighted by molar-refractivity contribution is 0.00578. The summed E-state index contributed by atoms with van der Waals surface area (Å²) in [7, 11) is -1.12. The molecule has 1 aliphatic heterocycles. The minimum absolute atomic E-state index is 0.256. The van der Waals surface area contributed by atoms with Crippen LogP contribution in [0.5, 0.6) is 0 Å². The Kier molecular flexibility index (Phi) is 2.79. The molecule has 0 aromatic carbocycles. The second-order valence-electron chi connectivity index (χ2n) is 3.84. The van der Waals surface area contributed by atoms with Gasteiger partial charge in [0.1, 0.15) is 11.2 Å². The molecular formula is C8H17O3P. The van der Waals surface area contributed by atoms with Gasteiger partial charge in [0.15, 0.2) is 0 Å². The molecule has 1 saturated heterocycles. The summed E-state index contributed by atoms with van der Waals surface area (Å²) in [5.74, 6) is 0. The molecule has 0 aromatic heterocycles. The van der Waals surface area contributed by atoms with Crippen molar-refractivity contribution in [2.45, 2.75) is 45.8 Å². The summed E-state index contributed by atoms with van der Waals surface area (Å²) < 4.78 is 16.5. The Balaban J connectivity index is 2.61. The van der Waals surface area contributed by atoms with E-state index < -0.39 is 8.60 Å². The van der Waals surface area contributed by atoms with Gasteiger partial charge in [-0.2, -0.15) is 0 Å². The van der Waals surface area contributed by atoms with Gasteiger partial charge in [-0.1, -0.05) is 0 Å². The zero-order valence-corrected chi connectivity index (χ0v) is 9.27. The van der Waals surface area contributed by atoms with E-state index in [-0.39, 0.29) is 11.2 Å². The Hall–Kier alpha value is 0.310. The average molecular weight is 192 g/mol. The molecule has 0 aromatic rings.